The first-order valence-electron chi connectivity index (χ1n) is 8.17. The Morgan fingerprint density at radius 1 is 1.36 bits per heavy atom. The van der Waals surface area contributed by atoms with Gasteiger partial charge in [0.2, 0.25) is 0 Å². The second-order valence-electron chi connectivity index (χ2n) is 5.93. The Morgan fingerprint density at radius 2 is 2.16 bits per heavy atom. The van der Waals surface area contributed by atoms with Gasteiger partial charge in [-0.25, -0.2) is 0 Å². The fourth-order valence-electron chi connectivity index (χ4n) is 3.44. The Labute approximate surface area is 146 Å². The molecule has 1 aromatic heterocycles. The van der Waals surface area contributed by atoms with E-state index in [0.29, 0.717) is 5.56 Å². The third-order valence-electron chi connectivity index (χ3n) is 4.58. The lowest BCUT2D eigenvalue weighted by Crippen LogP contribution is -2.65. The normalized spacial score (nSPS) is 22.4. The zero-order valence-electron chi connectivity index (χ0n) is 13.9. The van der Waals surface area contributed by atoms with Gasteiger partial charge in [-0.1, -0.05) is 36.4 Å². The lowest BCUT2D eigenvalue weighted by molar-refractivity contribution is -0.00593. The summed E-state index contributed by atoms with van der Waals surface area (Å²) >= 11 is 0. The number of amides is 1. The predicted octanol–water partition coefficient (Wildman–Crippen LogP) is 2.61. The second-order valence-corrected chi connectivity index (χ2v) is 5.93. The number of benzene rings is 1. The zero-order valence-corrected chi connectivity index (χ0v) is 13.9. The Balaban J connectivity index is 1.96. The molecular weight excluding hydrogens is 314 g/mol. The number of carbonyl (C=O) groups is 1. The summed E-state index contributed by atoms with van der Waals surface area (Å²) in [7, 11) is 0. The van der Waals surface area contributed by atoms with Crippen molar-refractivity contribution in [2.24, 2.45) is 0 Å². The Morgan fingerprint density at radius 3 is 2.80 bits per heavy atom. The monoisotopic (exact) mass is 333 g/mol. The number of carbonyl (C=O) groups excluding carboxylic acids is 1. The number of aliphatic hydroxyl groups is 1. The molecule has 5 heteroatoms. The van der Waals surface area contributed by atoms with Crippen LogP contribution in [0.3, 0.4) is 0 Å². The van der Waals surface area contributed by atoms with Crippen LogP contribution in [0.15, 0.2) is 54.9 Å². The van der Waals surface area contributed by atoms with Crippen LogP contribution in [0.1, 0.15) is 34.3 Å². The van der Waals surface area contributed by atoms with Gasteiger partial charge >= 0.3 is 0 Å². The van der Waals surface area contributed by atoms with Gasteiger partial charge in [0, 0.05) is 18.3 Å². The molecule has 2 aromatic rings. The number of hydrogen-bond donors (Lipinski definition) is 1. The van der Waals surface area contributed by atoms with Crippen molar-refractivity contribution >= 4 is 12.0 Å². The van der Waals surface area contributed by atoms with Gasteiger partial charge in [-0.15, -0.1) is 0 Å². The van der Waals surface area contributed by atoms with Crippen LogP contribution >= 0.6 is 0 Å². The average Bonchev–Trinajstić information content (AvgIpc) is 2.64. The van der Waals surface area contributed by atoms with Gasteiger partial charge in [0.15, 0.2) is 0 Å². The highest BCUT2D eigenvalue weighted by Crippen LogP contribution is 2.42. The quantitative estimate of drug-likeness (QED) is 0.933. The van der Waals surface area contributed by atoms with Crippen molar-refractivity contribution in [3.05, 3.63) is 71.6 Å². The average molecular weight is 333 g/mol. The molecule has 0 aliphatic carbocycles. The van der Waals surface area contributed by atoms with Crippen molar-refractivity contribution in [3.63, 3.8) is 0 Å². The standard InChI is InChI=1S/C20H19N3O2/c1-2-6-14-7-3-4-9-16(14)19-17(11-21)23(18(19)13-24)20(25)15-8-5-10-22-12-15/h2-10,12,17-19,24H,13H2,1H3/b6-2+/t17-,18-,19+/m0/s1. The molecule has 5 nitrogen and oxygen atoms in total. The van der Waals surface area contributed by atoms with Gasteiger partial charge in [0.05, 0.1) is 24.3 Å². The van der Waals surface area contributed by atoms with E-state index in [4.69, 9.17) is 0 Å². The first kappa shape index (κ1) is 16.9. The largest absolute Gasteiger partial charge is 0.394 e. The summed E-state index contributed by atoms with van der Waals surface area (Å²) in [5.74, 6) is -0.499. The minimum absolute atomic E-state index is 0.195. The van der Waals surface area contributed by atoms with E-state index in [-0.39, 0.29) is 18.4 Å². The highest BCUT2D eigenvalue weighted by Gasteiger charge is 2.52. The minimum Gasteiger partial charge on any atom is -0.394 e. The molecule has 1 aliphatic heterocycles. The van der Waals surface area contributed by atoms with Crippen LogP contribution in [-0.2, 0) is 0 Å². The Bertz CT molecular complexity index is 826. The van der Waals surface area contributed by atoms with E-state index in [1.165, 1.54) is 11.1 Å². The topological polar surface area (TPSA) is 77.2 Å². The number of nitrogens with zero attached hydrogens (tertiary/aromatic N) is 3. The van der Waals surface area contributed by atoms with Crippen molar-refractivity contribution < 1.29 is 9.90 Å². The summed E-state index contributed by atoms with van der Waals surface area (Å²) in [6.45, 7) is 1.74. The summed E-state index contributed by atoms with van der Waals surface area (Å²) in [4.78, 5) is 18.2. The number of aromatic nitrogens is 1. The smallest absolute Gasteiger partial charge is 0.256 e. The third-order valence-corrected chi connectivity index (χ3v) is 4.58. The maximum absolute atomic E-state index is 12.8. The lowest BCUT2D eigenvalue weighted by Gasteiger charge is -2.52. The van der Waals surface area contributed by atoms with Crippen LogP contribution in [-0.4, -0.2) is 39.6 Å². The fraction of sp³-hybridized carbons (Fsp3) is 0.250. The summed E-state index contributed by atoms with van der Waals surface area (Å²) in [6, 6.07) is 12.3. The molecule has 1 N–H and O–H groups in total. The molecule has 1 aliphatic rings. The molecule has 0 radical (unpaired) electrons. The van der Waals surface area contributed by atoms with E-state index in [9.17, 15) is 15.2 Å². The zero-order chi connectivity index (χ0) is 17.8. The highest BCUT2D eigenvalue weighted by molar-refractivity contribution is 5.95. The van der Waals surface area contributed by atoms with E-state index in [1.54, 1.807) is 18.3 Å². The maximum Gasteiger partial charge on any atom is 0.256 e. The summed E-state index contributed by atoms with van der Waals surface area (Å²) in [5.41, 5.74) is 2.39. The summed E-state index contributed by atoms with van der Waals surface area (Å²) in [6.07, 6.45) is 6.98. The molecule has 0 spiro atoms. The molecule has 3 atom stereocenters. The maximum atomic E-state index is 12.8. The van der Waals surface area contributed by atoms with Crippen molar-refractivity contribution in [2.45, 2.75) is 24.9 Å². The Hall–Kier alpha value is -2.97. The first-order valence-corrected chi connectivity index (χ1v) is 8.17. The summed E-state index contributed by atoms with van der Waals surface area (Å²) in [5, 5.41) is 19.5. The number of likely N-dealkylation sites (tertiary alicyclic amines) is 1. The van der Waals surface area contributed by atoms with Crippen LogP contribution in [0.5, 0.6) is 0 Å². The number of pyridine rings is 1. The number of hydrogen-bond acceptors (Lipinski definition) is 4. The van der Waals surface area contributed by atoms with Crippen molar-refractivity contribution in [1.82, 2.24) is 9.88 Å². The third kappa shape index (κ3) is 2.92. The highest BCUT2D eigenvalue weighted by atomic mass is 16.3. The Kier molecular flexibility index (Phi) is 4.92. The molecule has 0 unspecified atom stereocenters. The van der Waals surface area contributed by atoms with Gasteiger partial charge in [-0.2, -0.15) is 5.26 Å². The SMILES string of the molecule is C/C=C/c1ccccc1[C@@H]1[C@H](C#N)N(C(=O)c2cccnc2)[C@H]1CO. The minimum atomic E-state index is -0.615. The van der Waals surface area contributed by atoms with Crippen molar-refractivity contribution in [1.29, 1.82) is 5.26 Å². The molecule has 1 saturated heterocycles. The number of allylic oxidation sites excluding steroid dienone is 1. The number of nitriles is 1. The van der Waals surface area contributed by atoms with E-state index < -0.39 is 12.1 Å². The first-order chi connectivity index (χ1) is 12.2. The van der Waals surface area contributed by atoms with Crippen LogP contribution in [0.2, 0.25) is 0 Å². The van der Waals surface area contributed by atoms with Crippen LogP contribution in [0, 0.1) is 11.3 Å². The van der Waals surface area contributed by atoms with E-state index in [1.807, 2.05) is 43.3 Å². The van der Waals surface area contributed by atoms with Crippen LogP contribution in [0.4, 0.5) is 0 Å². The molecule has 0 bridgehead atoms. The van der Waals surface area contributed by atoms with Gasteiger partial charge in [0.1, 0.15) is 6.04 Å². The molecular formula is C20H19N3O2. The van der Waals surface area contributed by atoms with Gasteiger partial charge in [-0.3, -0.25) is 9.78 Å². The molecule has 1 aromatic carbocycles. The second kappa shape index (κ2) is 7.29. The van der Waals surface area contributed by atoms with Crippen molar-refractivity contribution in [2.75, 3.05) is 6.61 Å². The van der Waals surface area contributed by atoms with Gasteiger partial charge in [-0.05, 0) is 30.2 Å². The predicted molar refractivity (Wildman–Crippen MR) is 94.6 cm³/mol. The number of aliphatic hydroxyl groups excluding tert-OH is 1. The van der Waals surface area contributed by atoms with E-state index in [0.717, 1.165) is 11.1 Å². The number of rotatable bonds is 4. The molecule has 2 heterocycles. The van der Waals surface area contributed by atoms with Gasteiger partial charge < -0.3 is 10.0 Å². The van der Waals surface area contributed by atoms with E-state index >= 15 is 0 Å². The van der Waals surface area contributed by atoms with Crippen molar-refractivity contribution in [3.8, 4) is 6.07 Å². The van der Waals surface area contributed by atoms with Crippen LogP contribution < -0.4 is 0 Å². The molecule has 1 fully saturated rings. The summed E-state index contributed by atoms with van der Waals surface area (Å²) < 4.78 is 0. The van der Waals surface area contributed by atoms with E-state index in [2.05, 4.69) is 11.1 Å². The molecule has 126 valence electrons. The molecule has 1 amide bonds. The molecule has 25 heavy (non-hydrogen) atoms. The molecule has 0 saturated carbocycles. The van der Waals surface area contributed by atoms with Gasteiger partial charge in [0.25, 0.3) is 5.91 Å². The fourth-order valence-corrected chi connectivity index (χ4v) is 3.44. The lowest BCUT2D eigenvalue weighted by atomic mass is 9.74. The van der Waals surface area contributed by atoms with Crippen LogP contribution in [0.25, 0.3) is 6.08 Å². The molecule has 3 rings (SSSR count).